The van der Waals surface area contributed by atoms with Crippen molar-refractivity contribution in [2.45, 2.75) is 13.5 Å². The first kappa shape index (κ1) is 16.5. The van der Waals surface area contributed by atoms with Crippen LogP contribution in [0.25, 0.3) is 0 Å². The van der Waals surface area contributed by atoms with Gasteiger partial charge < -0.3 is 15.4 Å². The molecule has 0 bridgehead atoms. The van der Waals surface area contributed by atoms with Crippen molar-refractivity contribution in [2.75, 3.05) is 11.9 Å². The van der Waals surface area contributed by atoms with Gasteiger partial charge in [0.2, 0.25) is 0 Å². The van der Waals surface area contributed by atoms with E-state index in [1.165, 1.54) is 12.1 Å². The molecule has 1 aromatic heterocycles. The molecule has 2 amide bonds. The SMILES string of the molecule is CCOc1cc(F)ccc1NC(=O)C(=O)NCc1cnn(C)c1. The molecule has 0 aliphatic carbocycles. The van der Waals surface area contributed by atoms with Crippen LogP contribution >= 0.6 is 0 Å². The summed E-state index contributed by atoms with van der Waals surface area (Å²) in [6.07, 6.45) is 3.32. The number of nitrogens with zero attached hydrogens (tertiary/aromatic N) is 2. The molecule has 122 valence electrons. The normalized spacial score (nSPS) is 10.2. The molecule has 7 nitrogen and oxygen atoms in total. The molecule has 0 aliphatic rings. The van der Waals surface area contributed by atoms with Crippen LogP contribution in [0.1, 0.15) is 12.5 Å². The molecule has 23 heavy (non-hydrogen) atoms. The lowest BCUT2D eigenvalue weighted by Crippen LogP contribution is -2.35. The number of hydrogen-bond donors (Lipinski definition) is 2. The summed E-state index contributed by atoms with van der Waals surface area (Å²) in [5.41, 5.74) is 1.00. The number of amides is 2. The molecule has 0 spiro atoms. The van der Waals surface area contributed by atoms with E-state index >= 15 is 0 Å². The van der Waals surface area contributed by atoms with Gasteiger partial charge in [0, 0.05) is 31.4 Å². The summed E-state index contributed by atoms with van der Waals surface area (Å²) >= 11 is 0. The standard InChI is InChI=1S/C15H17FN4O3/c1-3-23-13-6-11(16)4-5-12(13)19-15(22)14(21)17-7-10-8-18-20(2)9-10/h4-6,8-9H,3,7H2,1-2H3,(H,17,21)(H,19,22). The Hall–Kier alpha value is -2.90. The maximum Gasteiger partial charge on any atom is 0.313 e. The highest BCUT2D eigenvalue weighted by molar-refractivity contribution is 6.39. The Bertz CT molecular complexity index is 714. The van der Waals surface area contributed by atoms with Crippen LogP contribution in [0.5, 0.6) is 5.75 Å². The van der Waals surface area contributed by atoms with Crippen molar-refractivity contribution in [3.05, 3.63) is 42.0 Å². The molecule has 1 aromatic carbocycles. The summed E-state index contributed by atoms with van der Waals surface area (Å²) in [6.45, 7) is 2.22. The monoisotopic (exact) mass is 320 g/mol. The van der Waals surface area contributed by atoms with E-state index in [4.69, 9.17) is 4.74 Å². The lowest BCUT2D eigenvalue weighted by molar-refractivity contribution is -0.136. The van der Waals surface area contributed by atoms with Gasteiger partial charge >= 0.3 is 11.8 Å². The van der Waals surface area contributed by atoms with Crippen molar-refractivity contribution in [1.82, 2.24) is 15.1 Å². The number of hydrogen-bond acceptors (Lipinski definition) is 4. The molecule has 0 fully saturated rings. The van der Waals surface area contributed by atoms with Crippen LogP contribution in [0.2, 0.25) is 0 Å². The van der Waals surface area contributed by atoms with Gasteiger partial charge in [0.25, 0.3) is 0 Å². The number of nitrogens with one attached hydrogen (secondary N) is 2. The predicted molar refractivity (Wildman–Crippen MR) is 81.3 cm³/mol. The molecule has 1 heterocycles. The molecule has 2 N–H and O–H groups in total. The van der Waals surface area contributed by atoms with Crippen molar-refractivity contribution in [3.63, 3.8) is 0 Å². The lowest BCUT2D eigenvalue weighted by atomic mass is 10.2. The molecule has 0 atom stereocenters. The van der Waals surface area contributed by atoms with Gasteiger partial charge in [-0.2, -0.15) is 5.10 Å². The van der Waals surface area contributed by atoms with E-state index in [0.717, 1.165) is 11.6 Å². The minimum atomic E-state index is -0.860. The van der Waals surface area contributed by atoms with E-state index < -0.39 is 17.6 Å². The van der Waals surface area contributed by atoms with Crippen molar-refractivity contribution in [2.24, 2.45) is 7.05 Å². The fourth-order valence-electron chi connectivity index (χ4n) is 1.88. The summed E-state index contributed by atoms with van der Waals surface area (Å²) in [7, 11) is 1.75. The van der Waals surface area contributed by atoms with Gasteiger partial charge in [0.15, 0.2) is 0 Å². The predicted octanol–water partition coefficient (Wildman–Crippen LogP) is 1.21. The number of ether oxygens (including phenoxy) is 1. The lowest BCUT2D eigenvalue weighted by Gasteiger charge is -2.11. The largest absolute Gasteiger partial charge is 0.492 e. The molecule has 0 unspecified atom stereocenters. The number of anilines is 1. The molecule has 8 heteroatoms. The third-order valence-electron chi connectivity index (χ3n) is 2.91. The molecule has 0 saturated heterocycles. The first-order valence-corrected chi connectivity index (χ1v) is 6.98. The Labute approximate surface area is 132 Å². The second-order valence-corrected chi connectivity index (χ2v) is 4.73. The number of rotatable bonds is 5. The summed E-state index contributed by atoms with van der Waals surface area (Å²) in [6, 6.07) is 3.66. The number of benzene rings is 1. The Morgan fingerprint density at radius 1 is 1.35 bits per heavy atom. The summed E-state index contributed by atoms with van der Waals surface area (Å²) in [5.74, 6) is -1.99. The van der Waals surface area contributed by atoms with Gasteiger partial charge in [-0.05, 0) is 19.1 Å². The van der Waals surface area contributed by atoms with Crippen molar-refractivity contribution in [3.8, 4) is 5.75 Å². The number of halogens is 1. The molecule has 2 aromatic rings. The molecular formula is C15H17FN4O3. The fourth-order valence-corrected chi connectivity index (χ4v) is 1.88. The van der Waals surface area contributed by atoms with E-state index in [2.05, 4.69) is 15.7 Å². The summed E-state index contributed by atoms with van der Waals surface area (Å²) in [4.78, 5) is 23.7. The number of carbonyl (C=O) groups is 2. The maximum absolute atomic E-state index is 13.2. The van der Waals surface area contributed by atoms with Gasteiger partial charge in [-0.1, -0.05) is 0 Å². The minimum Gasteiger partial charge on any atom is -0.492 e. The van der Waals surface area contributed by atoms with Crippen molar-refractivity contribution < 1.29 is 18.7 Å². The average Bonchev–Trinajstić information content (AvgIpc) is 2.93. The van der Waals surface area contributed by atoms with Crippen LogP contribution in [-0.4, -0.2) is 28.2 Å². The minimum absolute atomic E-state index is 0.168. The molecular weight excluding hydrogens is 303 g/mol. The Morgan fingerprint density at radius 2 is 2.13 bits per heavy atom. The van der Waals surface area contributed by atoms with E-state index in [1.54, 1.807) is 31.0 Å². The van der Waals surface area contributed by atoms with Gasteiger partial charge in [0.05, 0.1) is 18.5 Å². The second-order valence-electron chi connectivity index (χ2n) is 4.73. The quantitative estimate of drug-likeness (QED) is 0.811. The average molecular weight is 320 g/mol. The first-order chi connectivity index (χ1) is 11.0. The Kier molecular flexibility index (Phi) is 5.29. The highest BCUT2D eigenvalue weighted by Gasteiger charge is 2.16. The smallest absolute Gasteiger partial charge is 0.313 e. The second kappa shape index (κ2) is 7.39. The fraction of sp³-hybridized carbons (Fsp3) is 0.267. The van der Waals surface area contributed by atoms with E-state index in [0.29, 0.717) is 6.61 Å². The Morgan fingerprint density at radius 3 is 2.78 bits per heavy atom. The number of aromatic nitrogens is 2. The third-order valence-corrected chi connectivity index (χ3v) is 2.91. The first-order valence-electron chi connectivity index (χ1n) is 6.98. The number of carbonyl (C=O) groups excluding carboxylic acids is 2. The van der Waals surface area contributed by atoms with Gasteiger partial charge in [-0.25, -0.2) is 4.39 Å². The van der Waals surface area contributed by atoms with E-state index in [1.807, 2.05) is 0 Å². The highest BCUT2D eigenvalue weighted by atomic mass is 19.1. The molecule has 0 aliphatic heterocycles. The van der Waals surface area contributed by atoms with E-state index in [9.17, 15) is 14.0 Å². The van der Waals surface area contributed by atoms with Gasteiger partial charge in [-0.3, -0.25) is 14.3 Å². The van der Waals surface area contributed by atoms with Crippen LogP contribution in [0.3, 0.4) is 0 Å². The van der Waals surface area contributed by atoms with Crippen LogP contribution in [0.4, 0.5) is 10.1 Å². The maximum atomic E-state index is 13.2. The van der Waals surface area contributed by atoms with Crippen molar-refractivity contribution >= 4 is 17.5 Å². The topological polar surface area (TPSA) is 85.2 Å². The summed E-state index contributed by atoms with van der Waals surface area (Å²) < 4.78 is 20.0. The molecule has 0 saturated carbocycles. The third kappa shape index (κ3) is 4.53. The zero-order chi connectivity index (χ0) is 16.8. The molecule has 0 radical (unpaired) electrons. The number of aryl methyl sites for hydroxylation is 1. The zero-order valence-electron chi connectivity index (χ0n) is 12.8. The Balaban J connectivity index is 1.96. The van der Waals surface area contributed by atoms with E-state index in [-0.39, 0.29) is 18.0 Å². The van der Waals surface area contributed by atoms with Crippen LogP contribution in [0, 0.1) is 5.82 Å². The van der Waals surface area contributed by atoms with Crippen LogP contribution in [-0.2, 0) is 23.2 Å². The summed E-state index contributed by atoms with van der Waals surface area (Å²) in [5, 5.41) is 8.84. The van der Waals surface area contributed by atoms with Crippen LogP contribution < -0.4 is 15.4 Å². The van der Waals surface area contributed by atoms with Gasteiger partial charge in [-0.15, -0.1) is 0 Å². The zero-order valence-corrected chi connectivity index (χ0v) is 12.8. The molecule has 2 rings (SSSR count). The van der Waals surface area contributed by atoms with Crippen molar-refractivity contribution in [1.29, 1.82) is 0 Å². The van der Waals surface area contributed by atoms with Gasteiger partial charge in [0.1, 0.15) is 11.6 Å². The van der Waals surface area contributed by atoms with Crippen LogP contribution in [0.15, 0.2) is 30.6 Å². The highest BCUT2D eigenvalue weighted by Crippen LogP contribution is 2.25.